The van der Waals surface area contributed by atoms with Crippen molar-refractivity contribution in [1.82, 2.24) is 4.90 Å². The molecule has 2 N–H and O–H groups in total. The molecule has 0 radical (unpaired) electrons. The van der Waals surface area contributed by atoms with E-state index in [0.29, 0.717) is 6.61 Å². The minimum absolute atomic E-state index is 0.409. The Morgan fingerprint density at radius 1 is 1.46 bits per heavy atom. The quantitative estimate of drug-likeness (QED) is 0.621. The van der Waals surface area contributed by atoms with Crippen LogP contribution in [0.3, 0.4) is 0 Å². The van der Waals surface area contributed by atoms with Gasteiger partial charge in [-0.2, -0.15) is 0 Å². The van der Waals surface area contributed by atoms with E-state index in [9.17, 15) is 4.79 Å². The molecule has 1 saturated heterocycles. The number of hydrogen-bond acceptors (Lipinski definition) is 4. The van der Waals surface area contributed by atoms with E-state index in [1.807, 2.05) is 0 Å². The predicted octanol–water partition coefficient (Wildman–Crippen LogP) is -0.196. The molecule has 1 heterocycles. The SMILES string of the molecule is NC(=O)OCCCN1CCOCC1. The average molecular weight is 188 g/mol. The largest absolute Gasteiger partial charge is 0.450 e. The number of morpholine rings is 1. The zero-order valence-electron chi connectivity index (χ0n) is 7.70. The fourth-order valence-electron chi connectivity index (χ4n) is 1.29. The normalized spacial score (nSPS) is 18.5. The Kier molecular flexibility index (Phi) is 4.56. The summed E-state index contributed by atoms with van der Waals surface area (Å²) in [5.74, 6) is 0. The van der Waals surface area contributed by atoms with Crippen molar-refractivity contribution < 1.29 is 14.3 Å². The van der Waals surface area contributed by atoms with Crippen LogP contribution in [0.15, 0.2) is 0 Å². The van der Waals surface area contributed by atoms with E-state index in [2.05, 4.69) is 9.64 Å². The fourth-order valence-corrected chi connectivity index (χ4v) is 1.29. The van der Waals surface area contributed by atoms with Crippen molar-refractivity contribution in [3.63, 3.8) is 0 Å². The maximum absolute atomic E-state index is 10.2. The number of hydrogen-bond donors (Lipinski definition) is 1. The second-order valence-electron chi connectivity index (χ2n) is 2.98. The fraction of sp³-hybridized carbons (Fsp3) is 0.875. The zero-order valence-corrected chi connectivity index (χ0v) is 7.70. The minimum atomic E-state index is -0.693. The van der Waals surface area contributed by atoms with Crippen LogP contribution < -0.4 is 5.73 Å². The van der Waals surface area contributed by atoms with Crippen molar-refractivity contribution in [3.05, 3.63) is 0 Å². The third-order valence-electron chi connectivity index (χ3n) is 1.97. The highest BCUT2D eigenvalue weighted by molar-refractivity contribution is 5.64. The van der Waals surface area contributed by atoms with Crippen LogP contribution in [0.25, 0.3) is 0 Å². The van der Waals surface area contributed by atoms with Crippen LogP contribution >= 0.6 is 0 Å². The van der Waals surface area contributed by atoms with Crippen molar-refractivity contribution in [2.24, 2.45) is 5.73 Å². The average Bonchev–Trinajstić information content (AvgIpc) is 2.14. The minimum Gasteiger partial charge on any atom is -0.450 e. The summed E-state index contributed by atoms with van der Waals surface area (Å²) in [5.41, 5.74) is 4.82. The van der Waals surface area contributed by atoms with Gasteiger partial charge in [0.05, 0.1) is 19.8 Å². The molecule has 0 unspecified atom stereocenters. The number of amides is 1. The van der Waals surface area contributed by atoms with E-state index in [0.717, 1.165) is 39.3 Å². The molecule has 0 aromatic carbocycles. The van der Waals surface area contributed by atoms with Crippen molar-refractivity contribution in [2.45, 2.75) is 6.42 Å². The van der Waals surface area contributed by atoms with E-state index >= 15 is 0 Å². The van der Waals surface area contributed by atoms with Crippen LogP contribution in [0.2, 0.25) is 0 Å². The lowest BCUT2D eigenvalue weighted by atomic mass is 10.3. The lowest BCUT2D eigenvalue weighted by Gasteiger charge is -2.26. The molecule has 1 aliphatic rings. The van der Waals surface area contributed by atoms with Gasteiger partial charge in [-0.25, -0.2) is 4.79 Å². The summed E-state index contributed by atoms with van der Waals surface area (Å²) < 4.78 is 9.81. The molecule has 1 fully saturated rings. The second-order valence-corrected chi connectivity index (χ2v) is 2.98. The van der Waals surface area contributed by atoms with Gasteiger partial charge in [-0.1, -0.05) is 0 Å². The summed E-state index contributed by atoms with van der Waals surface area (Å²) in [4.78, 5) is 12.5. The summed E-state index contributed by atoms with van der Waals surface area (Å²) >= 11 is 0. The van der Waals surface area contributed by atoms with Gasteiger partial charge in [0, 0.05) is 19.6 Å². The van der Waals surface area contributed by atoms with Crippen LogP contribution in [-0.2, 0) is 9.47 Å². The van der Waals surface area contributed by atoms with Gasteiger partial charge in [-0.05, 0) is 6.42 Å². The molecule has 5 heteroatoms. The molecule has 0 saturated carbocycles. The highest BCUT2D eigenvalue weighted by Gasteiger charge is 2.09. The summed E-state index contributed by atoms with van der Waals surface area (Å²) in [7, 11) is 0. The van der Waals surface area contributed by atoms with Gasteiger partial charge in [0.15, 0.2) is 0 Å². The lowest BCUT2D eigenvalue weighted by Crippen LogP contribution is -2.37. The Morgan fingerprint density at radius 3 is 2.77 bits per heavy atom. The number of nitrogens with zero attached hydrogens (tertiary/aromatic N) is 1. The van der Waals surface area contributed by atoms with Crippen LogP contribution in [0.4, 0.5) is 4.79 Å². The molecule has 1 amide bonds. The Balaban J connectivity index is 1.95. The lowest BCUT2D eigenvalue weighted by molar-refractivity contribution is 0.0347. The Hall–Kier alpha value is -0.810. The second kappa shape index (κ2) is 5.77. The van der Waals surface area contributed by atoms with Gasteiger partial charge in [-0.15, -0.1) is 0 Å². The summed E-state index contributed by atoms with van der Waals surface area (Å²) in [6, 6.07) is 0. The first kappa shape index (κ1) is 10.3. The molecular formula is C8H16N2O3. The summed E-state index contributed by atoms with van der Waals surface area (Å²) in [5, 5.41) is 0. The molecule has 1 aliphatic heterocycles. The highest BCUT2D eigenvalue weighted by atomic mass is 16.5. The van der Waals surface area contributed by atoms with Gasteiger partial charge in [0.25, 0.3) is 0 Å². The van der Waals surface area contributed by atoms with Gasteiger partial charge in [0.1, 0.15) is 0 Å². The van der Waals surface area contributed by atoms with Crippen LogP contribution in [0, 0.1) is 0 Å². The first-order chi connectivity index (χ1) is 6.29. The molecular weight excluding hydrogens is 172 g/mol. The van der Waals surface area contributed by atoms with E-state index in [-0.39, 0.29) is 0 Å². The standard InChI is InChI=1S/C8H16N2O3/c9-8(11)13-5-1-2-10-3-6-12-7-4-10/h1-7H2,(H2,9,11). The molecule has 0 bridgehead atoms. The molecule has 1 rings (SSSR count). The third kappa shape index (κ3) is 4.69. The number of rotatable bonds is 4. The summed E-state index contributed by atoms with van der Waals surface area (Å²) in [6.07, 6.45) is 0.144. The number of nitrogens with two attached hydrogens (primary N) is 1. The number of ether oxygens (including phenoxy) is 2. The van der Waals surface area contributed by atoms with Crippen molar-refractivity contribution in [3.8, 4) is 0 Å². The predicted molar refractivity (Wildman–Crippen MR) is 47.4 cm³/mol. The highest BCUT2D eigenvalue weighted by Crippen LogP contribution is 1.97. The molecule has 0 aromatic heterocycles. The van der Waals surface area contributed by atoms with Gasteiger partial charge in [0.2, 0.25) is 0 Å². The summed E-state index contributed by atoms with van der Waals surface area (Å²) in [6.45, 7) is 4.89. The molecule has 0 atom stereocenters. The van der Waals surface area contributed by atoms with Crippen LogP contribution in [-0.4, -0.2) is 50.4 Å². The Bertz CT molecular complexity index is 157. The first-order valence-corrected chi connectivity index (χ1v) is 4.51. The molecule has 0 aromatic rings. The Morgan fingerprint density at radius 2 is 2.15 bits per heavy atom. The molecule has 13 heavy (non-hydrogen) atoms. The van der Waals surface area contributed by atoms with Gasteiger partial charge >= 0.3 is 6.09 Å². The van der Waals surface area contributed by atoms with Crippen molar-refractivity contribution in [2.75, 3.05) is 39.5 Å². The smallest absolute Gasteiger partial charge is 0.404 e. The maximum atomic E-state index is 10.2. The zero-order chi connectivity index (χ0) is 9.52. The van der Waals surface area contributed by atoms with Gasteiger partial charge < -0.3 is 15.2 Å². The molecule has 0 spiro atoms. The molecule has 0 aliphatic carbocycles. The van der Waals surface area contributed by atoms with E-state index < -0.39 is 6.09 Å². The van der Waals surface area contributed by atoms with Crippen LogP contribution in [0.1, 0.15) is 6.42 Å². The van der Waals surface area contributed by atoms with E-state index in [1.54, 1.807) is 0 Å². The van der Waals surface area contributed by atoms with Crippen molar-refractivity contribution in [1.29, 1.82) is 0 Å². The van der Waals surface area contributed by atoms with E-state index in [4.69, 9.17) is 10.5 Å². The first-order valence-electron chi connectivity index (χ1n) is 4.51. The third-order valence-corrected chi connectivity index (χ3v) is 1.97. The number of carbonyl (C=O) groups is 1. The monoisotopic (exact) mass is 188 g/mol. The Labute approximate surface area is 77.8 Å². The van der Waals surface area contributed by atoms with E-state index in [1.165, 1.54) is 0 Å². The number of carbonyl (C=O) groups excluding carboxylic acids is 1. The topological polar surface area (TPSA) is 64.8 Å². The molecule has 76 valence electrons. The molecule has 5 nitrogen and oxygen atoms in total. The maximum Gasteiger partial charge on any atom is 0.404 e. The van der Waals surface area contributed by atoms with Crippen LogP contribution in [0.5, 0.6) is 0 Å². The van der Waals surface area contributed by atoms with Crippen molar-refractivity contribution >= 4 is 6.09 Å². The number of primary amides is 1. The van der Waals surface area contributed by atoms with Gasteiger partial charge in [-0.3, -0.25) is 4.90 Å².